The summed E-state index contributed by atoms with van der Waals surface area (Å²) in [4.78, 5) is 0. The number of nitrogens with zero attached hydrogens (tertiary/aromatic N) is 2. The van der Waals surface area contributed by atoms with Gasteiger partial charge in [0.15, 0.2) is 0 Å². The van der Waals surface area contributed by atoms with Crippen molar-refractivity contribution in [1.82, 2.24) is 8.72 Å². The molecule has 10 heteroatoms. The maximum Gasteiger partial charge on any atom is 0.451 e. The minimum atomic E-state index is -3.63. The maximum atomic E-state index is 12.0. The first-order valence-electron chi connectivity index (χ1n) is 6.43. The molecule has 0 aliphatic carbocycles. The van der Waals surface area contributed by atoms with Gasteiger partial charge in [-0.25, -0.2) is 0 Å². The molecule has 112 valence electrons. The van der Waals surface area contributed by atoms with Crippen molar-refractivity contribution in [3.05, 3.63) is 0 Å². The van der Waals surface area contributed by atoms with E-state index in [2.05, 4.69) is 0 Å². The Kier molecular flexibility index (Phi) is 6.18. The van der Waals surface area contributed by atoms with E-state index >= 15 is 0 Å². The van der Waals surface area contributed by atoms with Crippen LogP contribution in [0.3, 0.4) is 0 Å². The fourth-order valence-electron chi connectivity index (χ4n) is 2.22. The monoisotopic (exact) mass is 294 g/mol. The second-order valence-corrected chi connectivity index (χ2v) is 6.74. The van der Waals surface area contributed by atoms with Crippen LogP contribution in [0.25, 0.3) is 0 Å². The standard InChI is InChI=1S/C9H23BN4O4S/c1-2-14(12)19(17,18)13-6-8(9(11)7-13)4-3-5-10(15)16/h8-9,15-16H,2-7,11-12H2,1H3/t8-,9-/m0/s1. The largest absolute Gasteiger partial charge is 0.451 e. The van der Waals surface area contributed by atoms with Crippen molar-refractivity contribution < 1.29 is 18.5 Å². The second kappa shape index (κ2) is 6.98. The molecule has 1 fully saturated rings. The van der Waals surface area contributed by atoms with E-state index in [0.717, 1.165) is 4.41 Å². The number of hydrogen-bond acceptors (Lipinski definition) is 6. The fraction of sp³-hybridized carbons (Fsp3) is 1.00. The van der Waals surface area contributed by atoms with E-state index in [4.69, 9.17) is 21.6 Å². The molecule has 1 saturated heterocycles. The lowest BCUT2D eigenvalue weighted by Gasteiger charge is -2.22. The van der Waals surface area contributed by atoms with Crippen molar-refractivity contribution in [3.8, 4) is 0 Å². The van der Waals surface area contributed by atoms with Gasteiger partial charge in [-0.3, -0.25) is 5.84 Å². The zero-order chi connectivity index (χ0) is 14.6. The fourth-order valence-corrected chi connectivity index (χ4v) is 3.59. The molecule has 0 unspecified atom stereocenters. The molecular formula is C9H23BN4O4S. The Morgan fingerprint density at radius 1 is 1.42 bits per heavy atom. The molecule has 0 radical (unpaired) electrons. The molecule has 0 saturated carbocycles. The summed E-state index contributed by atoms with van der Waals surface area (Å²) in [5.41, 5.74) is 5.93. The quantitative estimate of drug-likeness (QED) is 0.242. The summed E-state index contributed by atoms with van der Waals surface area (Å²) in [7, 11) is -4.95. The highest BCUT2D eigenvalue weighted by molar-refractivity contribution is 7.86. The van der Waals surface area contributed by atoms with Gasteiger partial charge in [-0.1, -0.05) is 6.42 Å². The normalized spacial score (nSPS) is 25.2. The Hall–Kier alpha value is -0.225. The Labute approximate surface area is 114 Å². The van der Waals surface area contributed by atoms with Gasteiger partial charge < -0.3 is 15.8 Å². The summed E-state index contributed by atoms with van der Waals surface area (Å²) < 4.78 is 26.2. The molecule has 0 aromatic heterocycles. The van der Waals surface area contributed by atoms with Gasteiger partial charge in [0, 0.05) is 25.7 Å². The van der Waals surface area contributed by atoms with E-state index < -0.39 is 17.3 Å². The molecule has 0 bridgehead atoms. The van der Waals surface area contributed by atoms with Crippen LogP contribution in [0.4, 0.5) is 0 Å². The highest BCUT2D eigenvalue weighted by Gasteiger charge is 2.38. The first-order valence-corrected chi connectivity index (χ1v) is 7.83. The lowest BCUT2D eigenvalue weighted by Crippen LogP contribution is -2.47. The Morgan fingerprint density at radius 3 is 2.58 bits per heavy atom. The predicted molar refractivity (Wildman–Crippen MR) is 72.8 cm³/mol. The smallest absolute Gasteiger partial charge is 0.427 e. The van der Waals surface area contributed by atoms with Gasteiger partial charge in [0.1, 0.15) is 0 Å². The summed E-state index contributed by atoms with van der Waals surface area (Å²) in [6.45, 7) is 2.45. The summed E-state index contributed by atoms with van der Waals surface area (Å²) in [6, 6.07) is -0.240. The van der Waals surface area contributed by atoms with Crippen molar-refractivity contribution in [3.63, 3.8) is 0 Å². The van der Waals surface area contributed by atoms with Crippen LogP contribution in [0.1, 0.15) is 19.8 Å². The molecule has 1 aliphatic rings. The van der Waals surface area contributed by atoms with Crippen LogP contribution in [0.15, 0.2) is 0 Å². The molecule has 0 amide bonds. The minimum Gasteiger partial charge on any atom is -0.427 e. The number of hydrogen-bond donors (Lipinski definition) is 4. The van der Waals surface area contributed by atoms with Crippen molar-refractivity contribution in [2.45, 2.75) is 32.1 Å². The maximum absolute atomic E-state index is 12.0. The van der Waals surface area contributed by atoms with Crippen LogP contribution < -0.4 is 11.6 Å². The highest BCUT2D eigenvalue weighted by Crippen LogP contribution is 2.24. The van der Waals surface area contributed by atoms with Gasteiger partial charge in [0.25, 0.3) is 10.2 Å². The van der Waals surface area contributed by atoms with Gasteiger partial charge in [0.2, 0.25) is 0 Å². The topological polar surface area (TPSA) is 133 Å². The van der Waals surface area contributed by atoms with Gasteiger partial charge in [0.05, 0.1) is 0 Å². The van der Waals surface area contributed by atoms with Gasteiger partial charge in [-0.15, -0.1) is 4.41 Å². The van der Waals surface area contributed by atoms with E-state index in [1.807, 2.05) is 0 Å². The van der Waals surface area contributed by atoms with E-state index in [1.54, 1.807) is 6.92 Å². The molecule has 6 N–H and O–H groups in total. The van der Waals surface area contributed by atoms with Crippen molar-refractivity contribution in [1.29, 1.82) is 0 Å². The second-order valence-electron chi connectivity index (χ2n) is 4.86. The molecular weight excluding hydrogens is 271 g/mol. The molecule has 1 heterocycles. The Bertz CT molecular complexity index is 380. The van der Waals surface area contributed by atoms with Crippen LogP contribution in [0.5, 0.6) is 0 Å². The molecule has 1 rings (SSSR count). The number of rotatable bonds is 7. The van der Waals surface area contributed by atoms with Gasteiger partial charge in [-0.05, 0) is 25.6 Å². The lowest BCUT2D eigenvalue weighted by atomic mass is 9.82. The third-order valence-corrected chi connectivity index (χ3v) is 5.23. The van der Waals surface area contributed by atoms with Gasteiger partial charge in [-0.2, -0.15) is 12.7 Å². The van der Waals surface area contributed by atoms with E-state index in [1.165, 1.54) is 4.31 Å². The summed E-state index contributed by atoms with van der Waals surface area (Å²) in [6.07, 6.45) is 1.54. The average molecular weight is 294 g/mol. The number of nitrogens with two attached hydrogens (primary N) is 2. The van der Waals surface area contributed by atoms with E-state index in [9.17, 15) is 8.42 Å². The van der Waals surface area contributed by atoms with Crippen LogP contribution in [0.2, 0.25) is 6.32 Å². The molecule has 0 aromatic carbocycles. The van der Waals surface area contributed by atoms with E-state index in [0.29, 0.717) is 19.4 Å². The zero-order valence-corrected chi connectivity index (χ0v) is 12.0. The summed E-state index contributed by atoms with van der Waals surface area (Å²) in [5, 5.41) is 17.5. The summed E-state index contributed by atoms with van der Waals surface area (Å²) in [5.74, 6) is 5.48. The first kappa shape index (κ1) is 16.8. The predicted octanol–water partition coefficient (Wildman–Crippen LogP) is -2.06. The zero-order valence-electron chi connectivity index (χ0n) is 11.1. The molecule has 2 atom stereocenters. The molecule has 1 aliphatic heterocycles. The van der Waals surface area contributed by atoms with Gasteiger partial charge >= 0.3 is 7.12 Å². The molecule has 8 nitrogen and oxygen atoms in total. The van der Waals surface area contributed by atoms with E-state index in [-0.39, 0.29) is 31.4 Å². The van der Waals surface area contributed by atoms with Crippen LogP contribution in [-0.4, -0.2) is 60.0 Å². The lowest BCUT2D eigenvalue weighted by molar-refractivity contribution is 0.366. The minimum absolute atomic E-state index is 0.0266. The molecule has 0 aromatic rings. The first-order chi connectivity index (χ1) is 8.78. The number of hydrazine groups is 1. The molecule has 0 spiro atoms. The third kappa shape index (κ3) is 4.38. The SMILES string of the molecule is CCN(N)S(=O)(=O)N1C[C@H](CCCB(O)O)[C@@H](N)C1. The van der Waals surface area contributed by atoms with Crippen molar-refractivity contribution in [2.75, 3.05) is 19.6 Å². The van der Waals surface area contributed by atoms with Crippen molar-refractivity contribution >= 4 is 17.3 Å². The third-order valence-electron chi connectivity index (χ3n) is 3.43. The highest BCUT2D eigenvalue weighted by atomic mass is 32.2. The van der Waals surface area contributed by atoms with Crippen LogP contribution >= 0.6 is 0 Å². The Balaban J connectivity index is 2.55. The summed E-state index contributed by atoms with van der Waals surface area (Å²) >= 11 is 0. The molecule has 19 heavy (non-hydrogen) atoms. The Morgan fingerprint density at radius 2 is 2.05 bits per heavy atom. The van der Waals surface area contributed by atoms with Crippen LogP contribution in [-0.2, 0) is 10.2 Å². The average Bonchev–Trinajstić information content (AvgIpc) is 2.70. The van der Waals surface area contributed by atoms with Crippen molar-refractivity contribution in [2.24, 2.45) is 17.5 Å². The van der Waals surface area contributed by atoms with Crippen LogP contribution in [0, 0.1) is 5.92 Å².